The number of thiophene rings is 1. The molecular weight excluding hydrogens is 356 g/mol. The van der Waals surface area contributed by atoms with E-state index in [0.717, 1.165) is 13.1 Å². The van der Waals surface area contributed by atoms with E-state index >= 15 is 0 Å². The van der Waals surface area contributed by atoms with Crippen LogP contribution in [-0.2, 0) is 10.0 Å². The first-order valence-corrected chi connectivity index (χ1v) is 11.1. The van der Waals surface area contributed by atoms with Crippen molar-refractivity contribution in [3.8, 4) is 0 Å². The quantitative estimate of drug-likeness (QED) is 0.800. The normalized spacial score (nSPS) is 17.0. The zero-order chi connectivity index (χ0) is 18.2. The van der Waals surface area contributed by atoms with Gasteiger partial charge in [-0.3, -0.25) is 9.58 Å². The molecule has 2 aromatic heterocycles. The van der Waals surface area contributed by atoms with E-state index in [1.165, 1.54) is 12.0 Å². The number of aryl methyl sites for hydroxylation is 1. The molecule has 0 radical (unpaired) electrons. The van der Waals surface area contributed by atoms with Gasteiger partial charge in [0.1, 0.15) is 4.90 Å². The second-order valence-electron chi connectivity index (χ2n) is 6.85. The van der Waals surface area contributed by atoms with E-state index in [2.05, 4.69) is 26.2 Å². The maximum atomic E-state index is 12.9. The lowest BCUT2D eigenvalue weighted by Crippen LogP contribution is -2.45. The minimum Gasteiger partial charge on any atom is -0.295 e. The molecule has 0 amide bonds. The Balaban J connectivity index is 1.82. The number of rotatable bonds is 7. The van der Waals surface area contributed by atoms with Crippen molar-refractivity contribution in [3.05, 3.63) is 33.8 Å². The van der Waals surface area contributed by atoms with Crippen LogP contribution in [0.2, 0.25) is 0 Å². The van der Waals surface area contributed by atoms with E-state index in [9.17, 15) is 8.42 Å². The Labute approximate surface area is 153 Å². The Morgan fingerprint density at radius 1 is 1.32 bits per heavy atom. The molecule has 8 heteroatoms. The van der Waals surface area contributed by atoms with Gasteiger partial charge in [-0.15, -0.1) is 0 Å². The van der Waals surface area contributed by atoms with E-state index in [0.29, 0.717) is 22.8 Å². The SMILES string of the molecule is Cc1nn(C(C)C)c(C)c1S(=O)(=O)NC[C@H](c1ccsc1)N1CCC1. The van der Waals surface area contributed by atoms with Gasteiger partial charge in [-0.05, 0) is 56.5 Å². The van der Waals surface area contributed by atoms with Gasteiger partial charge in [0.15, 0.2) is 0 Å². The average molecular weight is 383 g/mol. The molecule has 1 aliphatic heterocycles. The highest BCUT2D eigenvalue weighted by atomic mass is 32.2. The maximum absolute atomic E-state index is 12.9. The molecule has 0 spiro atoms. The lowest BCUT2D eigenvalue weighted by molar-refractivity contribution is 0.120. The number of aromatic nitrogens is 2. The largest absolute Gasteiger partial charge is 0.295 e. The Hall–Kier alpha value is -1.22. The van der Waals surface area contributed by atoms with E-state index in [-0.39, 0.29) is 12.1 Å². The van der Waals surface area contributed by atoms with Crippen molar-refractivity contribution >= 4 is 21.4 Å². The van der Waals surface area contributed by atoms with Gasteiger partial charge in [0, 0.05) is 31.7 Å². The third kappa shape index (κ3) is 3.67. The van der Waals surface area contributed by atoms with E-state index < -0.39 is 10.0 Å². The Morgan fingerprint density at radius 3 is 2.52 bits per heavy atom. The molecule has 0 bridgehead atoms. The minimum absolute atomic E-state index is 0.0931. The Morgan fingerprint density at radius 2 is 2.04 bits per heavy atom. The summed E-state index contributed by atoms with van der Waals surface area (Å²) in [5.74, 6) is 0. The number of nitrogens with one attached hydrogen (secondary N) is 1. The summed E-state index contributed by atoms with van der Waals surface area (Å²) in [5.41, 5.74) is 2.42. The summed E-state index contributed by atoms with van der Waals surface area (Å²) in [6.45, 7) is 9.99. The molecule has 3 rings (SSSR count). The van der Waals surface area contributed by atoms with Gasteiger partial charge in [0.25, 0.3) is 0 Å². The molecule has 2 aromatic rings. The van der Waals surface area contributed by atoms with Crippen LogP contribution in [0.15, 0.2) is 21.7 Å². The van der Waals surface area contributed by atoms with Crippen LogP contribution in [-0.4, -0.2) is 42.7 Å². The van der Waals surface area contributed by atoms with Crippen LogP contribution in [0.1, 0.15) is 49.3 Å². The molecule has 0 aliphatic carbocycles. The van der Waals surface area contributed by atoms with Crippen LogP contribution >= 0.6 is 11.3 Å². The highest BCUT2D eigenvalue weighted by Crippen LogP contribution is 2.28. The summed E-state index contributed by atoms with van der Waals surface area (Å²) >= 11 is 1.64. The van der Waals surface area contributed by atoms with Crippen LogP contribution < -0.4 is 4.72 Å². The fraction of sp³-hybridized carbons (Fsp3) is 0.588. The highest BCUT2D eigenvalue weighted by Gasteiger charge is 2.30. The first-order valence-electron chi connectivity index (χ1n) is 8.62. The maximum Gasteiger partial charge on any atom is 0.244 e. The third-order valence-electron chi connectivity index (χ3n) is 4.74. The number of hydrogen-bond acceptors (Lipinski definition) is 5. The van der Waals surface area contributed by atoms with Crippen LogP contribution in [0.4, 0.5) is 0 Å². The Kier molecular flexibility index (Phi) is 5.34. The molecule has 1 saturated heterocycles. The van der Waals surface area contributed by atoms with Gasteiger partial charge in [-0.25, -0.2) is 13.1 Å². The molecule has 1 N–H and O–H groups in total. The van der Waals surface area contributed by atoms with Gasteiger partial charge in [0.2, 0.25) is 10.0 Å². The molecule has 138 valence electrons. The zero-order valence-electron chi connectivity index (χ0n) is 15.2. The van der Waals surface area contributed by atoms with Crippen molar-refractivity contribution in [2.75, 3.05) is 19.6 Å². The molecule has 0 aromatic carbocycles. The summed E-state index contributed by atoms with van der Waals surface area (Å²) in [7, 11) is -3.59. The van der Waals surface area contributed by atoms with Crippen molar-refractivity contribution < 1.29 is 8.42 Å². The van der Waals surface area contributed by atoms with Crippen molar-refractivity contribution in [3.63, 3.8) is 0 Å². The minimum atomic E-state index is -3.59. The smallest absolute Gasteiger partial charge is 0.244 e. The monoisotopic (exact) mass is 382 g/mol. The van der Waals surface area contributed by atoms with Gasteiger partial charge >= 0.3 is 0 Å². The van der Waals surface area contributed by atoms with Crippen LogP contribution in [0.3, 0.4) is 0 Å². The summed E-state index contributed by atoms with van der Waals surface area (Å²) in [6.07, 6.45) is 1.17. The first-order chi connectivity index (χ1) is 11.8. The number of nitrogens with zero attached hydrogens (tertiary/aromatic N) is 3. The van der Waals surface area contributed by atoms with E-state index in [1.54, 1.807) is 22.9 Å². The van der Waals surface area contributed by atoms with Crippen molar-refractivity contribution in [2.45, 2.75) is 51.1 Å². The van der Waals surface area contributed by atoms with Gasteiger partial charge in [0.05, 0.1) is 11.4 Å². The van der Waals surface area contributed by atoms with Gasteiger partial charge < -0.3 is 0 Å². The number of sulfonamides is 1. The summed E-state index contributed by atoms with van der Waals surface area (Å²) < 4.78 is 30.5. The molecule has 0 saturated carbocycles. The third-order valence-corrected chi connectivity index (χ3v) is 7.12. The second-order valence-corrected chi connectivity index (χ2v) is 9.34. The second kappa shape index (κ2) is 7.19. The Bertz CT molecular complexity index is 821. The van der Waals surface area contributed by atoms with Crippen LogP contribution in [0, 0.1) is 13.8 Å². The molecule has 3 heterocycles. The predicted molar refractivity (Wildman–Crippen MR) is 101 cm³/mol. The molecule has 0 unspecified atom stereocenters. The standard InChI is InChI=1S/C17H26N4O2S2/c1-12(2)21-14(4)17(13(3)19-21)25(22,23)18-10-16(20-7-5-8-20)15-6-9-24-11-15/h6,9,11-12,16,18H,5,7-8,10H2,1-4H3/t16-/m1/s1. The van der Waals surface area contributed by atoms with E-state index in [1.807, 2.05) is 26.2 Å². The molecule has 1 aliphatic rings. The fourth-order valence-corrected chi connectivity index (χ4v) is 5.52. The topological polar surface area (TPSA) is 67.2 Å². The van der Waals surface area contributed by atoms with Crippen molar-refractivity contribution in [2.24, 2.45) is 0 Å². The highest BCUT2D eigenvalue weighted by molar-refractivity contribution is 7.89. The predicted octanol–water partition coefficient (Wildman–Crippen LogP) is 2.87. The molecular formula is C17H26N4O2S2. The first kappa shape index (κ1) is 18.6. The van der Waals surface area contributed by atoms with Crippen molar-refractivity contribution in [1.82, 2.24) is 19.4 Å². The van der Waals surface area contributed by atoms with E-state index in [4.69, 9.17) is 0 Å². The summed E-state index contributed by atoms with van der Waals surface area (Å²) in [5, 5.41) is 8.55. The molecule has 1 fully saturated rings. The summed E-state index contributed by atoms with van der Waals surface area (Å²) in [4.78, 5) is 2.64. The van der Waals surface area contributed by atoms with Crippen LogP contribution in [0.25, 0.3) is 0 Å². The zero-order valence-corrected chi connectivity index (χ0v) is 16.8. The molecule has 6 nitrogen and oxygen atoms in total. The summed E-state index contributed by atoms with van der Waals surface area (Å²) in [6, 6.07) is 2.30. The van der Waals surface area contributed by atoms with Gasteiger partial charge in [-0.1, -0.05) is 0 Å². The number of likely N-dealkylation sites (tertiary alicyclic amines) is 1. The van der Waals surface area contributed by atoms with Crippen LogP contribution in [0.5, 0.6) is 0 Å². The average Bonchev–Trinajstić information content (AvgIpc) is 3.09. The lowest BCUT2D eigenvalue weighted by Gasteiger charge is -2.38. The fourth-order valence-electron chi connectivity index (χ4n) is 3.38. The van der Waals surface area contributed by atoms with Crippen molar-refractivity contribution in [1.29, 1.82) is 0 Å². The lowest BCUT2D eigenvalue weighted by atomic mass is 10.1. The molecule has 1 atom stereocenters. The van der Waals surface area contributed by atoms with Gasteiger partial charge in [-0.2, -0.15) is 16.4 Å². The number of hydrogen-bond donors (Lipinski definition) is 1. The molecule has 25 heavy (non-hydrogen) atoms.